The zero-order valence-corrected chi connectivity index (χ0v) is 18.5. The van der Waals surface area contributed by atoms with Crippen molar-refractivity contribution in [2.75, 3.05) is 47.1 Å². The summed E-state index contributed by atoms with van der Waals surface area (Å²) in [6, 6.07) is 6.36. The number of hydrogen-bond donors (Lipinski definition) is 0. The Labute approximate surface area is 191 Å². The minimum atomic E-state index is -1.00. The number of fused-ring (bicyclic) bond motifs is 1. The number of amides is 3. The van der Waals surface area contributed by atoms with Crippen LogP contribution in [0, 0.1) is 0 Å². The lowest BCUT2D eigenvalue weighted by Crippen LogP contribution is -2.55. The molecule has 3 amide bonds. The van der Waals surface area contributed by atoms with Crippen molar-refractivity contribution in [1.29, 1.82) is 0 Å². The number of hydrogen-bond acceptors (Lipinski definition) is 9. The molecule has 11 nitrogen and oxygen atoms in total. The van der Waals surface area contributed by atoms with E-state index in [2.05, 4.69) is 0 Å². The van der Waals surface area contributed by atoms with Crippen molar-refractivity contribution in [3.8, 4) is 0 Å². The SMILES string of the molecule is COCCOCOCCCOC(=O)OCN1C(=O)CCC(N2Cc3ccccc3C2=O)C1=O. The average molecular weight is 464 g/mol. The number of ether oxygens (including phenoxy) is 5. The average Bonchev–Trinajstić information content (AvgIpc) is 3.14. The summed E-state index contributed by atoms with van der Waals surface area (Å²) >= 11 is 0. The Morgan fingerprint density at radius 1 is 1.03 bits per heavy atom. The molecule has 0 spiro atoms. The Morgan fingerprint density at radius 3 is 2.61 bits per heavy atom. The van der Waals surface area contributed by atoms with Crippen LogP contribution in [0.1, 0.15) is 35.2 Å². The van der Waals surface area contributed by atoms with Gasteiger partial charge < -0.3 is 28.6 Å². The predicted molar refractivity (Wildman–Crippen MR) is 112 cm³/mol. The highest BCUT2D eigenvalue weighted by atomic mass is 16.7. The van der Waals surface area contributed by atoms with Gasteiger partial charge in [-0.2, -0.15) is 0 Å². The van der Waals surface area contributed by atoms with Crippen LogP contribution in [0.5, 0.6) is 0 Å². The third-order valence-electron chi connectivity index (χ3n) is 5.27. The van der Waals surface area contributed by atoms with Gasteiger partial charge in [0.1, 0.15) is 12.8 Å². The largest absolute Gasteiger partial charge is 0.510 e. The fourth-order valence-electron chi connectivity index (χ4n) is 3.57. The maximum atomic E-state index is 12.9. The molecule has 1 aromatic carbocycles. The van der Waals surface area contributed by atoms with Gasteiger partial charge in [-0.15, -0.1) is 0 Å². The highest BCUT2D eigenvalue weighted by molar-refractivity contribution is 6.05. The first kappa shape index (κ1) is 24.6. The lowest BCUT2D eigenvalue weighted by atomic mass is 10.0. The van der Waals surface area contributed by atoms with E-state index in [0.29, 0.717) is 38.3 Å². The van der Waals surface area contributed by atoms with E-state index in [1.807, 2.05) is 12.1 Å². The number of likely N-dealkylation sites (tertiary alicyclic amines) is 1. The number of carbonyl (C=O) groups excluding carboxylic acids is 4. The number of benzene rings is 1. The molecule has 2 aliphatic rings. The van der Waals surface area contributed by atoms with Gasteiger partial charge >= 0.3 is 6.16 Å². The molecule has 2 heterocycles. The molecule has 1 atom stereocenters. The summed E-state index contributed by atoms with van der Waals surface area (Å²) in [7, 11) is 1.57. The molecule has 0 bridgehead atoms. The third-order valence-corrected chi connectivity index (χ3v) is 5.27. The predicted octanol–water partition coefficient (Wildman–Crippen LogP) is 1.30. The monoisotopic (exact) mass is 464 g/mol. The van der Waals surface area contributed by atoms with Crippen molar-refractivity contribution >= 4 is 23.9 Å². The molecule has 1 unspecified atom stereocenters. The van der Waals surface area contributed by atoms with E-state index >= 15 is 0 Å². The molecular weight excluding hydrogens is 436 g/mol. The van der Waals surface area contributed by atoms with E-state index in [1.165, 1.54) is 4.90 Å². The van der Waals surface area contributed by atoms with Gasteiger partial charge in [-0.1, -0.05) is 18.2 Å². The van der Waals surface area contributed by atoms with E-state index in [4.69, 9.17) is 23.7 Å². The van der Waals surface area contributed by atoms with Crippen molar-refractivity contribution < 1.29 is 42.9 Å². The molecule has 0 aromatic heterocycles. The highest BCUT2D eigenvalue weighted by Crippen LogP contribution is 2.28. The molecule has 11 heteroatoms. The molecule has 1 aromatic rings. The van der Waals surface area contributed by atoms with Gasteiger partial charge in [-0.3, -0.25) is 14.4 Å². The quantitative estimate of drug-likeness (QED) is 0.195. The summed E-state index contributed by atoms with van der Waals surface area (Å²) in [6.07, 6.45) is -0.283. The number of methoxy groups -OCH3 is 1. The molecule has 1 fully saturated rings. The Kier molecular flexibility index (Phi) is 9.16. The maximum Gasteiger partial charge on any atom is 0.510 e. The second-order valence-corrected chi connectivity index (χ2v) is 7.46. The van der Waals surface area contributed by atoms with Crippen molar-refractivity contribution in [3.63, 3.8) is 0 Å². The van der Waals surface area contributed by atoms with E-state index in [9.17, 15) is 19.2 Å². The molecule has 0 aliphatic carbocycles. The van der Waals surface area contributed by atoms with Crippen LogP contribution in [0.3, 0.4) is 0 Å². The van der Waals surface area contributed by atoms with Crippen LogP contribution in [0.25, 0.3) is 0 Å². The molecule has 0 N–H and O–H groups in total. The van der Waals surface area contributed by atoms with Gasteiger partial charge in [-0.25, -0.2) is 9.69 Å². The molecule has 0 radical (unpaired) electrons. The summed E-state index contributed by atoms with van der Waals surface area (Å²) in [4.78, 5) is 52.0. The standard InChI is InChI=1S/C22H28N2O9/c1-29-11-12-31-15-30-9-4-10-32-22(28)33-14-24-19(25)8-7-18(21(24)27)23-13-16-5-2-3-6-17(16)20(23)26/h2-3,5-6,18H,4,7-15H2,1H3. The van der Waals surface area contributed by atoms with Crippen LogP contribution < -0.4 is 0 Å². The number of carbonyl (C=O) groups is 4. The minimum Gasteiger partial charge on any atom is -0.434 e. The molecule has 1 saturated heterocycles. The number of imide groups is 1. The van der Waals surface area contributed by atoms with Crippen LogP contribution in [-0.4, -0.2) is 86.8 Å². The summed E-state index contributed by atoms with van der Waals surface area (Å²) in [5.74, 6) is -1.28. The fraction of sp³-hybridized carbons (Fsp3) is 0.545. The second-order valence-electron chi connectivity index (χ2n) is 7.46. The Hall–Kier alpha value is -3.02. The molecule has 3 rings (SSSR count). The van der Waals surface area contributed by atoms with Crippen LogP contribution in [-0.2, 0) is 39.8 Å². The smallest absolute Gasteiger partial charge is 0.434 e. The van der Waals surface area contributed by atoms with Gasteiger partial charge in [0.15, 0.2) is 6.73 Å². The lowest BCUT2D eigenvalue weighted by molar-refractivity contribution is -0.157. The highest BCUT2D eigenvalue weighted by Gasteiger charge is 2.42. The molecule has 2 aliphatic heterocycles. The van der Waals surface area contributed by atoms with Crippen molar-refractivity contribution in [2.24, 2.45) is 0 Å². The zero-order chi connectivity index (χ0) is 23.6. The molecular formula is C22H28N2O9. The molecule has 0 saturated carbocycles. The normalized spacial score (nSPS) is 18.0. The van der Waals surface area contributed by atoms with Crippen molar-refractivity contribution in [1.82, 2.24) is 9.80 Å². The lowest BCUT2D eigenvalue weighted by Gasteiger charge is -2.34. The third kappa shape index (κ3) is 6.50. The summed E-state index contributed by atoms with van der Waals surface area (Å²) in [6.45, 7) is 1.11. The van der Waals surface area contributed by atoms with Gasteiger partial charge in [0, 0.05) is 32.1 Å². The van der Waals surface area contributed by atoms with Gasteiger partial charge in [0.2, 0.25) is 5.91 Å². The van der Waals surface area contributed by atoms with Crippen LogP contribution in [0.4, 0.5) is 4.79 Å². The summed E-state index contributed by atoms with van der Waals surface area (Å²) in [5.41, 5.74) is 1.39. The maximum absolute atomic E-state index is 12.9. The second kappa shape index (κ2) is 12.3. The number of piperidine rings is 1. The van der Waals surface area contributed by atoms with Crippen LogP contribution in [0.2, 0.25) is 0 Å². The van der Waals surface area contributed by atoms with E-state index in [0.717, 1.165) is 10.5 Å². The van der Waals surface area contributed by atoms with Crippen LogP contribution in [0.15, 0.2) is 24.3 Å². The van der Waals surface area contributed by atoms with E-state index in [1.54, 1.807) is 19.2 Å². The Morgan fingerprint density at radius 2 is 1.82 bits per heavy atom. The minimum absolute atomic E-state index is 0.0436. The Balaban J connectivity index is 1.39. The molecule has 33 heavy (non-hydrogen) atoms. The van der Waals surface area contributed by atoms with Gasteiger partial charge in [0.05, 0.1) is 26.4 Å². The first-order valence-corrected chi connectivity index (χ1v) is 10.7. The first-order chi connectivity index (χ1) is 16.0. The van der Waals surface area contributed by atoms with E-state index < -0.39 is 30.7 Å². The fourth-order valence-corrected chi connectivity index (χ4v) is 3.57. The Bertz CT molecular complexity index is 860. The van der Waals surface area contributed by atoms with Gasteiger partial charge in [-0.05, 0) is 18.1 Å². The molecule has 180 valence electrons. The van der Waals surface area contributed by atoms with Gasteiger partial charge in [0.25, 0.3) is 11.8 Å². The zero-order valence-electron chi connectivity index (χ0n) is 18.5. The van der Waals surface area contributed by atoms with Crippen LogP contribution >= 0.6 is 0 Å². The number of nitrogens with zero attached hydrogens (tertiary/aromatic N) is 2. The first-order valence-electron chi connectivity index (χ1n) is 10.7. The topological polar surface area (TPSA) is 121 Å². The summed E-state index contributed by atoms with van der Waals surface area (Å²) in [5, 5.41) is 0. The van der Waals surface area contributed by atoms with E-state index in [-0.39, 0.29) is 32.1 Å². The summed E-state index contributed by atoms with van der Waals surface area (Å²) < 4.78 is 25.0. The number of rotatable bonds is 12. The van der Waals surface area contributed by atoms with Crippen molar-refractivity contribution in [2.45, 2.75) is 31.8 Å². The van der Waals surface area contributed by atoms with Crippen molar-refractivity contribution in [3.05, 3.63) is 35.4 Å².